The molecule has 1 atom stereocenters. The second kappa shape index (κ2) is 9.12. The second-order valence-corrected chi connectivity index (χ2v) is 9.16. The van der Waals surface area contributed by atoms with Gasteiger partial charge in [-0.2, -0.15) is 0 Å². The molecule has 1 N–H and O–H groups in total. The standard InChI is InChI=1S/C22H22Cl2N2O3S/c1-13-14(2)30-22(25-21(27)17-7-4-10-29-17)18(13)20(26-8-11-28-12-9-26)15-5-3-6-16(23)19(15)24/h3-7,10,20H,8-9,11-12H2,1-2H3,(H,25,27). The van der Waals surface area contributed by atoms with E-state index < -0.39 is 0 Å². The summed E-state index contributed by atoms with van der Waals surface area (Å²) in [7, 11) is 0. The molecule has 0 saturated carbocycles. The van der Waals surface area contributed by atoms with Crippen LogP contribution in [0.15, 0.2) is 41.0 Å². The molecule has 1 aliphatic rings. The first-order chi connectivity index (χ1) is 14.5. The Bertz CT molecular complexity index is 1040. The number of carbonyl (C=O) groups excluding carboxylic acids is 1. The number of aryl methyl sites for hydroxylation is 1. The van der Waals surface area contributed by atoms with Crippen LogP contribution in [0.4, 0.5) is 5.00 Å². The third-order valence-corrected chi connectivity index (χ3v) is 7.34. The van der Waals surface area contributed by atoms with Gasteiger partial charge in [0, 0.05) is 23.5 Å². The lowest BCUT2D eigenvalue weighted by Crippen LogP contribution is -2.40. The van der Waals surface area contributed by atoms with Crippen LogP contribution in [0.3, 0.4) is 0 Å². The number of hydrogen-bond acceptors (Lipinski definition) is 5. The van der Waals surface area contributed by atoms with Crippen LogP contribution in [-0.2, 0) is 4.74 Å². The summed E-state index contributed by atoms with van der Waals surface area (Å²) in [6.45, 7) is 6.94. The molecule has 1 amide bonds. The molecule has 8 heteroatoms. The summed E-state index contributed by atoms with van der Waals surface area (Å²) in [5, 5.41) is 4.88. The number of halogens is 2. The fraction of sp³-hybridized carbons (Fsp3) is 0.318. The molecule has 0 radical (unpaired) electrons. The van der Waals surface area contributed by atoms with Crippen molar-refractivity contribution in [2.24, 2.45) is 0 Å². The zero-order chi connectivity index (χ0) is 21.3. The lowest BCUT2D eigenvalue weighted by atomic mass is 9.94. The van der Waals surface area contributed by atoms with E-state index in [1.54, 1.807) is 29.5 Å². The number of nitrogens with one attached hydrogen (secondary N) is 1. The summed E-state index contributed by atoms with van der Waals surface area (Å²) < 4.78 is 10.8. The lowest BCUT2D eigenvalue weighted by Gasteiger charge is -2.36. The quantitative estimate of drug-likeness (QED) is 0.507. The Morgan fingerprint density at radius 1 is 1.17 bits per heavy atom. The Balaban J connectivity index is 1.82. The van der Waals surface area contributed by atoms with E-state index in [9.17, 15) is 4.79 Å². The van der Waals surface area contributed by atoms with Gasteiger partial charge in [0.2, 0.25) is 0 Å². The predicted molar refractivity (Wildman–Crippen MR) is 121 cm³/mol. The van der Waals surface area contributed by atoms with Crippen molar-refractivity contribution < 1.29 is 13.9 Å². The SMILES string of the molecule is Cc1sc(NC(=O)c2ccco2)c(C(c2cccc(Cl)c2Cl)N2CCOCC2)c1C. The van der Waals surface area contributed by atoms with E-state index in [1.807, 2.05) is 12.1 Å². The molecule has 0 spiro atoms. The molecule has 1 saturated heterocycles. The first-order valence-corrected chi connectivity index (χ1v) is 11.2. The molecular weight excluding hydrogens is 443 g/mol. The van der Waals surface area contributed by atoms with E-state index in [0.29, 0.717) is 23.3 Å². The molecule has 30 heavy (non-hydrogen) atoms. The summed E-state index contributed by atoms with van der Waals surface area (Å²) in [4.78, 5) is 16.2. The maximum Gasteiger partial charge on any atom is 0.291 e. The van der Waals surface area contributed by atoms with Gasteiger partial charge in [0.05, 0.1) is 35.6 Å². The van der Waals surface area contributed by atoms with Crippen molar-refractivity contribution in [1.82, 2.24) is 4.90 Å². The Kier molecular flexibility index (Phi) is 6.51. The summed E-state index contributed by atoms with van der Waals surface area (Å²) in [5.41, 5.74) is 3.08. The lowest BCUT2D eigenvalue weighted by molar-refractivity contribution is 0.0240. The third kappa shape index (κ3) is 4.15. The van der Waals surface area contributed by atoms with Gasteiger partial charge in [-0.1, -0.05) is 35.3 Å². The Hall–Kier alpha value is -1.83. The first kappa shape index (κ1) is 21.4. The number of anilines is 1. The molecular formula is C22H22Cl2N2O3S. The molecule has 3 heterocycles. The Morgan fingerprint density at radius 3 is 2.63 bits per heavy atom. The van der Waals surface area contributed by atoms with Crippen molar-refractivity contribution >= 4 is 45.4 Å². The monoisotopic (exact) mass is 464 g/mol. The summed E-state index contributed by atoms with van der Waals surface area (Å²) in [6.07, 6.45) is 1.49. The van der Waals surface area contributed by atoms with Crippen LogP contribution < -0.4 is 5.32 Å². The number of rotatable bonds is 5. The highest BCUT2D eigenvalue weighted by atomic mass is 35.5. The minimum absolute atomic E-state index is 0.156. The van der Waals surface area contributed by atoms with Gasteiger partial charge >= 0.3 is 0 Å². The van der Waals surface area contributed by atoms with Gasteiger partial charge in [-0.3, -0.25) is 9.69 Å². The number of hydrogen-bond donors (Lipinski definition) is 1. The topological polar surface area (TPSA) is 54.7 Å². The van der Waals surface area contributed by atoms with Crippen molar-refractivity contribution in [2.75, 3.05) is 31.6 Å². The van der Waals surface area contributed by atoms with Crippen LogP contribution in [0.5, 0.6) is 0 Å². The zero-order valence-corrected chi connectivity index (χ0v) is 19.0. The molecule has 1 aliphatic heterocycles. The van der Waals surface area contributed by atoms with E-state index in [1.165, 1.54) is 6.26 Å². The number of amides is 1. The van der Waals surface area contributed by atoms with Gasteiger partial charge in [0.25, 0.3) is 5.91 Å². The number of thiophene rings is 1. The number of ether oxygens (including phenoxy) is 1. The highest BCUT2D eigenvalue weighted by Gasteiger charge is 2.32. The van der Waals surface area contributed by atoms with E-state index in [2.05, 4.69) is 24.1 Å². The van der Waals surface area contributed by atoms with Crippen molar-refractivity contribution in [1.29, 1.82) is 0 Å². The van der Waals surface area contributed by atoms with Gasteiger partial charge in [-0.25, -0.2) is 0 Å². The van der Waals surface area contributed by atoms with Crippen molar-refractivity contribution in [3.8, 4) is 0 Å². The van der Waals surface area contributed by atoms with Gasteiger partial charge in [-0.05, 0) is 43.2 Å². The van der Waals surface area contributed by atoms with Crippen LogP contribution >= 0.6 is 34.5 Å². The summed E-state index contributed by atoms with van der Waals surface area (Å²) in [6, 6.07) is 8.89. The molecule has 1 aromatic carbocycles. The molecule has 1 unspecified atom stereocenters. The average Bonchev–Trinajstić information content (AvgIpc) is 3.37. The molecule has 158 valence electrons. The van der Waals surface area contributed by atoms with E-state index in [0.717, 1.165) is 39.7 Å². The second-order valence-electron chi connectivity index (χ2n) is 7.15. The molecule has 4 rings (SSSR count). The number of morpholine rings is 1. The van der Waals surface area contributed by atoms with Gasteiger partial charge in [0.1, 0.15) is 5.00 Å². The molecule has 2 aromatic heterocycles. The normalized spacial score (nSPS) is 15.9. The molecule has 1 fully saturated rings. The highest BCUT2D eigenvalue weighted by Crippen LogP contribution is 2.45. The van der Waals surface area contributed by atoms with Crippen LogP contribution in [0.2, 0.25) is 10.0 Å². The number of carbonyl (C=O) groups is 1. The van der Waals surface area contributed by atoms with E-state index >= 15 is 0 Å². The average molecular weight is 465 g/mol. The third-order valence-electron chi connectivity index (χ3n) is 5.36. The van der Waals surface area contributed by atoms with E-state index in [-0.39, 0.29) is 17.7 Å². The number of furan rings is 1. The number of nitrogens with zero attached hydrogens (tertiary/aromatic N) is 1. The van der Waals surface area contributed by atoms with Crippen molar-refractivity contribution in [3.63, 3.8) is 0 Å². The summed E-state index contributed by atoms with van der Waals surface area (Å²) >= 11 is 14.6. The van der Waals surface area contributed by atoms with Crippen LogP contribution in [-0.4, -0.2) is 37.1 Å². The zero-order valence-electron chi connectivity index (χ0n) is 16.7. The van der Waals surface area contributed by atoms with Crippen molar-refractivity contribution in [2.45, 2.75) is 19.9 Å². The molecule has 3 aromatic rings. The summed E-state index contributed by atoms with van der Waals surface area (Å²) in [5.74, 6) is -0.00575. The van der Waals surface area contributed by atoms with Crippen molar-refractivity contribution in [3.05, 3.63) is 74.0 Å². The minimum atomic E-state index is -0.277. The maximum atomic E-state index is 12.7. The molecule has 0 aliphatic carbocycles. The highest BCUT2D eigenvalue weighted by molar-refractivity contribution is 7.16. The minimum Gasteiger partial charge on any atom is -0.459 e. The van der Waals surface area contributed by atoms with Crippen LogP contribution in [0.1, 0.15) is 38.2 Å². The smallest absolute Gasteiger partial charge is 0.291 e. The van der Waals surface area contributed by atoms with E-state index in [4.69, 9.17) is 32.4 Å². The molecule has 5 nitrogen and oxygen atoms in total. The number of benzene rings is 1. The predicted octanol–water partition coefficient (Wildman–Crippen LogP) is 5.94. The van der Waals surface area contributed by atoms with Gasteiger partial charge in [-0.15, -0.1) is 11.3 Å². The van der Waals surface area contributed by atoms with Gasteiger partial charge < -0.3 is 14.5 Å². The Labute approximate surface area is 189 Å². The molecule has 0 bridgehead atoms. The van der Waals surface area contributed by atoms with Crippen LogP contribution in [0.25, 0.3) is 0 Å². The largest absolute Gasteiger partial charge is 0.459 e. The van der Waals surface area contributed by atoms with Gasteiger partial charge in [0.15, 0.2) is 5.76 Å². The fourth-order valence-corrected chi connectivity index (χ4v) is 5.24. The fourth-order valence-electron chi connectivity index (χ4n) is 3.74. The maximum absolute atomic E-state index is 12.7. The Morgan fingerprint density at radius 2 is 1.93 bits per heavy atom. The van der Waals surface area contributed by atoms with Crippen LogP contribution in [0, 0.1) is 13.8 Å². The first-order valence-electron chi connectivity index (χ1n) is 9.67.